The van der Waals surface area contributed by atoms with E-state index >= 15 is 0 Å². The third-order valence-electron chi connectivity index (χ3n) is 5.03. The van der Waals surface area contributed by atoms with Gasteiger partial charge in [0.1, 0.15) is 0 Å². The minimum absolute atomic E-state index is 0.00348. The molecule has 3 rings (SSSR count). The molecule has 0 unspecified atom stereocenters. The van der Waals surface area contributed by atoms with E-state index in [-0.39, 0.29) is 35.3 Å². The van der Waals surface area contributed by atoms with E-state index in [0.29, 0.717) is 16.9 Å². The summed E-state index contributed by atoms with van der Waals surface area (Å²) >= 11 is 0. The Balaban J connectivity index is 1.54. The number of hydrogen-bond donors (Lipinski definition) is 3. The Hall–Kier alpha value is -2.91. The van der Waals surface area contributed by atoms with E-state index < -0.39 is 10.0 Å². The molecule has 1 aliphatic rings. The van der Waals surface area contributed by atoms with Crippen molar-refractivity contribution in [2.24, 2.45) is 0 Å². The van der Waals surface area contributed by atoms with Gasteiger partial charge in [-0.05, 0) is 69.2 Å². The summed E-state index contributed by atoms with van der Waals surface area (Å²) in [6, 6.07) is 13.2. The minimum atomic E-state index is -3.55. The molecule has 0 aliphatic heterocycles. The van der Waals surface area contributed by atoms with Crippen molar-refractivity contribution < 1.29 is 18.0 Å². The van der Waals surface area contributed by atoms with E-state index in [1.165, 1.54) is 16.4 Å². The van der Waals surface area contributed by atoms with Crippen LogP contribution in [0, 0.1) is 0 Å². The summed E-state index contributed by atoms with van der Waals surface area (Å²) in [5.74, 6) is -0.425. The minimum Gasteiger partial charge on any atom is -0.376 e. The molecule has 1 saturated carbocycles. The smallest absolute Gasteiger partial charge is 0.251 e. The van der Waals surface area contributed by atoms with Crippen molar-refractivity contribution in [2.45, 2.75) is 43.7 Å². The van der Waals surface area contributed by atoms with E-state index in [0.717, 1.165) is 12.8 Å². The fourth-order valence-electron chi connectivity index (χ4n) is 2.81. The first kappa shape index (κ1) is 22.8. The highest BCUT2D eigenvalue weighted by atomic mass is 32.2. The summed E-state index contributed by atoms with van der Waals surface area (Å²) in [4.78, 5) is 24.6. The van der Waals surface area contributed by atoms with Crippen molar-refractivity contribution in [3.63, 3.8) is 0 Å². The number of rotatable bonds is 9. The van der Waals surface area contributed by atoms with Crippen LogP contribution in [0.15, 0.2) is 53.4 Å². The first-order chi connectivity index (χ1) is 14.7. The lowest BCUT2D eigenvalue weighted by molar-refractivity contribution is -0.114. The average Bonchev–Trinajstić information content (AvgIpc) is 3.56. The van der Waals surface area contributed by atoms with Crippen molar-refractivity contribution in [3.05, 3.63) is 54.1 Å². The van der Waals surface area contributed by atoms with Gasteiger partial charge in [-0.1, -0.05) is 6.07 Å². The number of sulfonamides is 1. The second-order valence-electron chi connectivity index (χ2n) is 7.87. The van der Waals surface area contributed by atoms with Crippen molar-refractivity contribution in [1.82, 2.24) is 9.62 Å². The third kappa shape index (κ3) is 6.05. The Morgan fingerprint density at radius 1 is 1.06 bits per heavy atom. The number of amides is 2. The predicted octanol–water partition coefficient (Wildman–Crippen LogP) is 2.66. The molecule has 3 N–H and O–H groups in total. The molecule has 31 heavy (non-hydrogen) atoms. The summed E-state index contributed by atoms with van der Waals surface area (Å²) in [6.45, 7) is 3.61. The van der Waals surface area contributed by atoms with Gasteiger partial charge in [0, 0.05) is 36.1 Å². The van der Waals surface area contributed by atoms with Crippen LogP contribution in [0.3, 0.4) is 0 Å². The number of benzene rings is 2. The molecule has 2 amide bonds. The molecule has 0 heterocycles. The molecule has 8 nitrogen and oxygen atoms in total. The maximum atomic E-state index is 12.5. The summed E-state index contributed by atoms with van der Waals surface area (Å²) in [6.07, 6.45) is 2.02. The molecule has 0 bridgehead atoms. The van der Waals surface area contributed by atoms with Gasteiger partial charge in [0.15, 0.2) is 0 Å². The first-order valence-electron chi connectivity index (χ1n) is 10.2. The number of carbonyl (C=O) groups is 2. The first-order valence-corrected chi connectivity index (χ1v) is 11.6. The fourth-order valence-corrected chi connectivity index (χ4v) is 4.18. The van der Waals surface area contributed by atoms with Crippen LogP contribution in [-0.4, -0.2) is 50.2 Å². The Bertz CT molecular complexity index is 1050. The van der Waals surface area contributed by atoms with Crippen molar-refractivity contribution in [3.8, 4) is 0 Å². The van der Waals surface area contributed by atoms with Crippen molar-refractivity contribution in [2.75, 3.05) is 24.2 Å². The SMILES string of the molecule is CC(C)N(C)S(=O)(=O)c1ccc(NCC(=O)Nc2cccc(C(=O)NC3CC3)c2)cc1. The molecule has 166 valence electrons. The van der Waals surface area contributed by atoms with Gasteiger partial charge in [0.25, 0.3) is 5.91 Å². The highest BCUT2D eigenvalue weighted by Gasteiger charge is 2.24. The number of nitrogens with one attached hydrogen (secondary N) is 3. The quantitative estimate of drug-likeness (QED) is 0.551. The molecule has 2 aromatic rings. The lowest BCUT2D eigenvalue weighted by atomic mass is 10.2. The summed E-state index contributed by atoms with van der Waals surface area (Å²) in [7, 11) is -2.01. The number of carbonyl (C=O) groups excluding carboxylic acids is 2. The van der Waals surface area contributed by atoms with E-state index in [9.17, 15) is 18.0 Å². The van der Waals surface area contributed by atoms with E-state index in [1.807, 2.05) is 0 Å². The molecule has 0 spiro atoms. The maximum absolute atomic E-state index is 12.5. The van der Waals surface area contributed by atoms with Gasteiger partial charge >= 0.3 is 0 Å². The van der Waals surface area contributed by atoms with Crippen LogP contribution in [0.1, 0.15) is 37.0 Å². The monoisotopic (exact) mass is 444 g/mol. The lowest BCUT2D eigenvalue weighted by Crippen LogP contribution is -2.33. The molecule has 1 fully saturated rings. The molecule has 0 saturated heterocycles. The molecule has 0 radical (unpaired) electrons. The highest BCUT2D eigenvalue weighted by molar-refractivity contribution is 7.89. The zero-order valence-electron chi connectivity index (χ0n) is 17.9. The van der Waals surface area contributed by atoms with Gasteiger partial charge in [0.2, 0.25) is 15.9 Å². The molecule has 0 aromatic heterocycles. The van der Waals surface area contributed by atoms with Crippen LogP contribution in [-0.2, 0) is 14.8 Å². The zero-order valence-corrected chi connectivity index (χ0v) is 18.7. The standard InChI is InChI=1S/C22H28N4O4S/c1-15(2)26(3)31(29,30)20-11-9-17(10-12-20)23-14-21(27)24-19-6-4-5-16(13-19)22(28)25-18-7-8-18/h4-6,9-13,15,18,23H,7-8,14H2,1-3H3,(H,24,27)(H,25,28). The maximum Gasteiger partial charge on any atom is 0.251 e. The Kier molecular flexibility index (Phi) is 6.97. The fraction of sp³-hybridized carbons (Fsp3) is 0.364. The predicted molar refractivity (Wildman–Crippen MR) is 121 cm³/mol. The molecule has 1 aliphatic carbocycles. The van der Waals surface area contributed by atoms with Gasteiger partial charge < -0.3 is 16.0 Å². The van der Waals surface area contributed by atoms with Crippen LogP contribution in [0.2, 0.25) is 0 Å². The normalized spacial score (nSPS) is 13.8. The number of hydrogen-bond acceptors (Lipinski definition) is 5. The lowest BCUT2D eigenvalue weighted by Gasteiger charge is -2.21. The van der Waals surface area contributed by atoms with Crippen LogP contribution < -0.4 is 16.0 Å². The van der Waals surface area contributed by atoms with Crippen LogP contribution >= 0.6 is 0 Å². The Labute approximate surface area is 183 Å². The topological polar surface area (TPSA) is 108 Å². The highest BCUT2D eigenvalue weighted by Crippen LogP contribution is 2.20. The van der Waals surface area contributed by atoms with E-state index in [4.69, 9.17) is 0 Å². The van der Waals surface area contributed by atoms with Crippen molar-refractivity contribution >= 4 is 33.2 Å². The second kappa shape index (κ2) is 9.49. The van der Waals surface area contributed by atoms with Gasteiger partial charge in [0.05, 0.1) is 11.4 Å². The van der Waals surface area contributed by atoms with Gasteiger partial charge in [-0.2, -0.15) is 4.31 Å². The average molecular weight is 445 g/mol. The van der Waals surface area contributed by atoms with Crippen LogP contribution in [0.4, 0.5) is 11.4 Å². The van der Waals surface area contributed by atoms with Crippen molar-refractivity contribution in [1.29, 1.82) is 0 Å². The largest absolute Gasteiger partial charge is 0.376 e. The molecular formula is C22H28N4O4S. The van der Waals surface area contributed by atoms with Gasteiger partial charge in [-0.25, -0.2) is 8.42 Å². The van der Waals surface area contributed by atoms with Gasteiger partial charge in [-0.3, -0.25) is 9.59 Å². The van der Waals surface area contributed by atoms with Crippen LogP contribution in [0.25, 0.3) is 0 Å². The molecule has 9 heteroatoms. The Morgan fingerprint density at radius 3 is 2.35 bits per heavy atom. The number of nitrogens with zero attached hydrogens (tertiary/aromatic N) is 1. The second-order valence-corrected chi connectivity index (χ2v) is 9.87. The zero-order chi connectivity index (χ0) is 22.6. The molecular weight excluding hydrogens is 416 g/mol. The van der Waals surface area contributed by atoms with E-state index in [2.05, 4.69) is 16.0 Å². The van der Waals surface area contributed by atoms with Gasteiger partial charge in [-0.15, -0.1) is 0 Å². The van der Waals surface area contributed by atoms with E-state index in [1.54, 1.807) is 57.3 Å². The van der Waals surface area contributed by atoms with Crippen LogP contribution in [0.5, 0.6) is 0 Å². The summed E-state index contributed by atoms with van der Waals surface area (Å²) in [5.41, 5.74) is 1.66. The summed E-state index contributed by atoms with van der Waals surface area (Å²) < 4.78 is 26.3. The summed E-state index contributed by atoms with van der Waals surface area (Å²) in [5, 5.41) is 8.64. The number of anilines is 2. The third-order valence-corrected chi connectivity index (χ3v) is 7.08. The Morgan fingerprint density at radius 2 is 1.74 bits per heavy atom. The molecule has 2 aromatic carbocycles. The molecule has 0 atom stereocenters.